The molecule has 0 bridgehead atoms. The standard InChI is InChI=1S/C23H27N3O4S2/c1-3-32(29,30)21-6-4-17(5-7-21)19-14-18-8-11-24-16-22(18)23(15-19)25-20-9-12-26(13-10-20)31(2,27)28/h4-8,11,14-16,20,25H,3,9-10,12-13H2,1-2H3. The van der Waals surface area contributed by atoms with Gasteiger partial charge in [0.25, 0.3) is 0 Å². The number of fused-ring (bicyclic) bond motifs is 1. The van der Waals surface area contributed by atoms with E-state index in [-0.39, 0.29) is 11.8 Å². The number of sulfone groups is 1. The Bertz CT molecular complexity index is 1330. The van der Waals surface area contributed by atoms with Crippen LogP contribution in [0.5, 0.6) is 0 Å². The maximum absolute atomic E-state index is 12.1. The predicted octanol–water partition coefficient (Wildman–Crippen LogP) is 3.53. The fourth-order valence-electron chi connectivity index (χ4n) is 4.06. The Balaban J connectivity index is 1.64. The number of rotatable bonds is 6. The number of nitrogens with zero attached hydrogens (tertiary/aromatic N) is 2. The van der Waals surface area contributed by atoms with Crippen LogP contribution in [0.25, 0.3) is 21.9 Å². The zero-order valence-corrected chi connectivity index (χ0v) is 19.8. The largest absolute Gasteiger partial charge is 0.382 e. The van der Waals surface area contributed by atoms with E-state index >= 15 is 0 Å². The van der Waals surface area contributed by atoms with Crippen LogP contribution in [0, 0.1) is 0 Å². The summed E-state index contributed by atoms with van der Waals surface area (Å²) in [5, 5.41) is 5.61. The predicted molar refractivity (Wildman–Crippen MR) is 128 cm³/mol. The lowest BCUT2D eigenvalue weighted by atomic mass is 9.99. The van der Waals surface area contributed by atoms with Gasteiger partial charge in [-0.2, -0.15) is 0 Å². The summed E-state index contributed by atoms with van der Waals surface area (Å²) in [6.07, 6.45) is 6.27. The fourth-order valence-corrected chi connectivity index (χ4v) is 5.82. The van der Waals surface area contributed by atoms with Crippen LogP contribution in [0.1, 0.15) is 19.8 Å². The van der Waals surface area contributed by atoms with Gasteiger partial charge in [0, 0.05) is 42.6 Å². The molecule has 0 amide bonds. The van der Waals surface area contributed by atoms with E-state index < -0.39 is 19.9 Å². The van der Waals surface area contributed by atoms with E-state index in [0.717, 1.165) is 40.4 Å². The van der Waals surface area contributed by atoms with E-state index in [4.69, 9.17) is 0 Å². The first-order valence-corrected chi connectivity index (χ1v) is 14.1. The Hall–Kier alpha value is -2.49. The maximum atomic E-state index is 12.1. The van der Waals surface area contributed by atoms with Gasteiger partial charge in [0.15, 0.2) is 9.84 Å². The van der Waals surface area contributed by atoms with Gasteiger partial charge in [-0.15, -0.1) is 0 Å². The molecule has 3 aromatic rings. The minimum Gasteiger partial charge on any atom is -0.382 e. The highest BCUT2D eigenvalue weighted by Gasteiger charge is 2.25. The summed E-state index contributed by atoms with van der Waals surface area (Å²) in [7, 11) is -6.40. The van der Waals surface area contributed by atoms with Gasteiger partial charge in [-0.25, -0.2) is 21.1 Å². The normalized spacial score (nSPS) is 16.3. The highest BCUT2D eigenvalue weighted by atomic mass is 32.2. The number of nitrogens with one attached hydrogen (secondary N) is 1. The summed E-state index contributed by atoms with van der Waals surface area (Å²) >= 11 is 0. The lowest BCUT2D eigenvalue weighted by molar-refractivity contribution is 0.332. The molecule has 1 aliphatic heterocycles. The van der Waals surface area contributed by atoms with Crippen molar-refractivity contribution in [1.82, 2.24) is 9.29 Å². The molecule has 7 nitrogen and oxygen atoms in total. The molecule has 2 heterocycles. The highest BCUT2D eigenvalue weighted by Crippen LogP contribution is 2.32. The van der Waals surface area contributed by atoms with Crippen LogP contribution in [-0.2, 0) is 19.9 Å². The van der Waals surface area contributed by atoms with Crippen molar-refractivity contribution in [3.8, 4) is 11.1 Å². The molecule has 1 fully saturated rings. The maximum Gasteiger partial charge on any atom is 0.211 e. The SMILES string of the molecule is CCS(=O)(=O)c1ccc(-c2cc(NC3CCN(S(C)(=O)=O)CC3)c3cnccc3c2)cc1. The molecule has 0 spiro atoms. The van der Waals surface area contributed by atoms with Crippen molar-refractivity contribution in [2.24, 2.45) is 0 Å². The summed E-state index contributed by atoms with van der Waals surface area (Å²) in [4.78, 5) is 4.59. The number of hydrogen-bond acceptors (Lipinski definition) is 6. The Morgan fingerprint density at radius 2 is 1.69 bits per heavy atom. The zero-order valence-electron chi connectivity index (χ0n) is 18.2. The van der Waals surface area contributed by atoms with Gasteiger partial charge in [0.05, 0.1) is 16.9 Å². The van der Waals surface area contributed by atoms with Crippen LogP contribution >= 0.6 is 0 Å². The third-order valence-corrected chi connectivity index (χ3v) is 9.02. The molecule has 1 aliphatic rings. The molecule has 0 saturated carbocycles. The van der Waals surface area contributed by atoms with Crippen molar-refractivity contribution in [2.45, 2.75) is 30.7 Å². The second-order valence-electron chi connectivity index (χ2n) is 8.13. The highest BCUT2D eigenvalue weighted by molar-refractivity contribution is 7.91. The van der Waals surface area contributed by atoms with Crippen molar-refractivity contribution in [3.05, 3.63) is 54.9 Å². The van der Waals surface area contributed by atoms with Gasteiger partial charge in [0.2, 0.25) is 10.0 Å². The average Bonchev–Trinajstić information content (AvgIpc) is 2.79. The second kappa shape index (κ2) is 8.80. The minimum atomic E-state index is -3.24. The molecule has 2 aromatic carbocycles. The zero-order chi connectivity index (χ0) is 22.9. The molecule has 0 radical (unpaired) electrons. The Labute approximate surface area is 189 Å². The lowest BCUT2D eigenvalue weighted by Gasteiger charge is -2.31. The smallest absolute Gasteiger partial charge is 0.211 e. The molecule has 170 valence electrons. The van der Waals surface area contributed by atoms with Crippen molar-refractivity contribution < 1.29 is 16.8 Å². The third kappa shape index (κ3) is 4.79. The summed E-state index contributed by atoms with van der Waals surface area (Å²) in [6, 6.07) is 13.2. The lowest BCUT2D eigenvalue weighted by Crippen LogP contribution is -2.41. The summed E-state index contributed by atoms with van der Waals surface area (Å²) in [5.74, 6) is 0.0710. The molecule has 1 aromatic heterocycles. The summed E-state index contributed by atoms with van der Waals surface area (Å²) in [6.45, 7) is 2.64. The molecular weight excluding hydrogens is 446 g/mol. The van der Waals surface area contributed by atoms with E-state index in [1.165, 1.54) is 10.6 Å². The van der Waals surface area contributed by atoms with Crippen molar-refractivity contribution in [2.75, 3.05) is 30.4 Å². The van der Waals surface area contributed by atoms with Gasteiger partial charge < -0.3 is 5.32 Å². The minimum absolute atomic E-state index is 0.0710. The molecule has 9 heteroatoms. The molecule has 0 unspecified atom stereocenters. The van der Waals surface area contributed by atoms with E-state index in [1.54, 1.807) is 25.3 Å². The number of anilines is 1. The number of aromatic nitrogens is 1. The van der Waals surface area contributed by atoms with Gasteiger partial charge >= 0.3 is 0 Å². The quantitative estimate of drug-likeness (QED) is 0.588. The van der Waals surface area contributed by atoms with Crippen LogP contribution in [0.15, 0.2) is 59.8 Å². The van der Waals surface area contributed by atoms with Gasteiger partial charge in [-0.3, -0.25) is 4.98 Å². The first-order chi connectivity index (χ1) is 15.2. The molecular formula is C23H27N3O4S2. The number of benzene rings is 2. The molecule has 1 N–H and O–H groups in total. The fraction of sp³-hybridized carbons (Fsp3) is 0.348. The van der Waals surface area contributed by atoms with Gasteiger partial charge in [-0.1, -0.05) is 19.1 Å². The molecule has 4 rings (SSSR count). The van der Waals surface area contributed by atoms with Crippen LogP contribution in [0.3, 0.4) is 0 Å². The average molecular weight is 474 g/mol. The molecule has 0 atom stereocenters. The second-order valence-corrected chi connectivity index (χ2v) is 12.4. The third-order valence-electron chi connectivity index (χ3n) is 5.97. The molecule has 1 saturated heterocycles. The van der Waals surface area contributed by atoms with Crippen molar-refractivity contribution >= 4 is 36.3 Å². The van der Waals surface area contributed by atoms with Gasteiger partial charge in [-0.05, 0) is 59.7 Å². The summed E-state index contributed by atoms with van der Waals surface area (Å²) in [5.41, 5.74) is 2.84. The van der Waals surface area contributed by atoms with Crippen LogP contribution < -0.4 is 5.32 Å². The van der Waals surface area contributed by atoms with Gasteiger partial charge in [0.1, 0.15) is 0 Å². The van der Waals surface area contributed by atoms with Crippen LogP contribution in [-0.4, -0.2) is 57.3 Å². The Morgan fingerprint density at radius 1 is 1.00 bits per heavy atom. The topological polar surface area (TPSA) is 96.4 Å². The number of hydrogen-bond donors (Lipinski definition) is 1. The van der Waals surface area contributed by atoms with Crippen molar-refractivity contribution in [3.63, 3.8) is 0 Å². The van der Waals surface area contributed by atoms with Crippen LogP contribution in [0.4, 0.5) is 5.69 Å². The van der Waals surface area contributed by atoms with E-state index in [9.17, 15) is 16.8 Å². The Morgan fingerprint density at radius 3 is 2.31 bits per heavy atom. The van der Waals surface area contributed by atoms with E-state index in [1.807, 2.05) is 24.4 Å². The van der Waals surface area contributed by atoms with E-state index in [2.05, 4.69) is 22.4 Å². The summed E-state index contributed by atoms with van der Waals surface area (Å²) < 4.78 is 49.4. The number of piperidine rings is 1. The first-order valence-electron chi connectivity index (χ1n) is 10.6. The molecule has 32 heavy (non-hydrogen) atoms. The number of pyridine rings is 1. The Kier molecular flexibility index (Phi) is 6.24. The number of sulfonamides is 1. The molecule has 0 aliphatic carbocycles. The van der Waals surface area contributed by atoms with Crippen LogP contribution in [0.2, 0.25) is 0 Å². The monoisotopic (exact) mass is 473 g/mol. The first kappa shape index (κ1) is 22.7. The van der Waals surface area contributed by atoms with Crippen molar-refractivity contribution in [1.29, 1.82) is 0 Å². The van der Waals surface area contributed by atoms with E-state index in [0.29, 0.717) is 18.0 Å².